The van der Waals surface area contributed by atoms with Crippen LogP contribution in [0.4, 0.5) is 9.59 Å². The minimum absolute atomic E-state index is 0.202. The van der Waals surface area contributed by atoms with E-state index in [-0.39, 0.29) is 12.6 Å². The first-order valence-electron chi connectivity index (χ1n) is 4.39. The van der Waals surface area contributed by atoms with E-state index < -0.39 is 11.4 Å². The quantitative estimate of drug-likeness (QED) is 0.451. The molecular weight excluding hydrogens is 206 g/mol. The summed E-state index contributed by atoms with van der Waals surface area (Å²) in [4.78, 5) is 26.5. The molecule has 1 atom stereocenters. The maximum absolute atomic E-state index is 10.9. The molecule has 0 aromatic rings. The van der Waals surface area contributed by atoms with Crippen LogP contribution in [0.3, 0.4) is 0 Å². The monoisotopic (exact) mass is 221 g/mol. The van der Waals surface area contributed by atoms with Gasteiger partial charge in [-0.2, -0.15) is 5.06 Å². The number of hydrogen-bond donors (Lipinski definition) is 1. The summed E-state index contributed by atoms with van der Waals surface area (Å²) in [6, 6.07) is -0.218. The molecule has 0 aromatic carbocycles. The number of nitrogens with zero attached hydrogens (tertiary/aromatic N) is 1. The van der Waals surface area contributed by atoms with Crippen molar-refractivity contribution in [2.75, 3.05) is 6.61 Å². The van der Waals surface area contributed by atoms with Gasteiger partial charge in [-0.25, -0.2) is 4.79 Å². The van der Waals surface area contributed by atoms with E-state index in [4.69, 9.17) is 0 Å². The van der Waals surface area contributed by atoms with Crippen LogP contribution in [0.1, 0.15) is 27.2 Å². The fourth-order valence-electron chi connectivity index (χ4n) is 0.708. The molecule has 0 saturated heterocycles. The van der Waals surface area contributed by atoms with Crippen LogP contribution in [0.2, 0.25) is 0 Å². The van der Waals surface area contributed by atoms with Gasteiger partial charge in [-0.1, -0.05) is 19.6 Å². The first kappa shape index (κ1) is 13.1. The zero-order chi connectivity index (χ0) is 11.1. The van der Waals surface area contributed by atoms with Gasteiger partial charge in [0.1, 0.15) is 0 Å². The lowest BCUT2D eigenvalue weighted by Gasteiger charge is -2.23. The topological polar surface area (TPSA) is 55.8 Å². The number of carbonyl (C=O) groups is 2. The first-order valence-corrected chi connectivity index (χ1v) is 4.84. The highest BCUT2D eigenvalue weighted by atomic mass is 32.1. The summed E-state index contributed by atoms with van der Waals surface area (Å²) in [5.74, 6) is 0. The molecule has 0 aromatic heterocycles. The van der Waals surface area contributed by atoms with Crippen molar-refractivity contribution in [1.82, 2.24) is 5.06 Å². The van der Waals surface area contributed by atoms with Crippen LogP contribution in [-0.2, 0) is 9.57 Å². The lowest BCUT2D eigenvalue weighted by atomic mass is 10.3. The average Bonchev–Trinajstić information content (AvgIpc) is 2.13. The van der Waals surface area contributed by atoms with Crippen molar-refractivity contribution in [3.05, 3.63) is 0 Å². The maximum Gasteiger partial charge on any atom is 0.533 e. The maximum atomic E-state index is 10.9. The molecule has 5 nitrogen and oxygen atoms in total. The Morgan fingerprint density at radius 3 is 2.36 bits per heavy atom. The zero-order valence-electron chi connectivity index (χ0n) is 8.52. The van der Waals surface area contributed by atoms with Crippen LogP contribution in [0.25, 0.3) is 0 Å². The molecule has 0 aliphatic rings. The van der Waals surface area contributed by atoms with Crippen LogP contribution in [-0.4, -0.2) is 29.1 Å². The Hall–Kier alpha value is -0.910. The van der Waals surface area contributed by atoms with Gasteiger partial charge in [-0.3, -0.25) is 4.79 Å². The second-order valence-electron chi connectivity index (χ2n) is 2.64. The minimum Gasteiger partial charge on any atom is -0.433 e. The SMILES string of the molecule is CCOC(=O)ON(C(=O)S)C(C)CC. The molecule has 0 fully saturated rings. The molecule has 0 N–H and O–H groups in total. The van der Waals surface area contributed by atoms with E-state index in [1.807, 2.05) is 6.92 Å². The van der Waals surface area contributed by atoms with E-state index in [0.717, 1.165) is 5.06 Å². The molecule has 6 heteroatoms. The number of rotatable bonds is 3. The zero-order valence-corrected chi connectivity index (χ0v) is 9.41. The summed E-state index contributed by atoms with van der Waals surface area (Å²) in [5, 5.41) is 0.272. The summed E-state index contributed by atoms with van der Waals surface area (Å²) in [6.07, 6.45) is -0.235. The van der Waals surface area contributed by atoms with Crippen molar-refractivity contribution in [2.45, 2.75) is 33.2 Å². The highest BCUT2D eigenvalue weighted by Crippen LogP contribution is 2.08. The number of hydroxylamine groups is 2. The smallest absolute Gasteiger partial charge is 0.433 e. The highest BCUT2D eigenvalue weighted by molar-refractivity contribution is 7.96. The van der Waals surface area contributed by atoms with Crippen molar-refractivity contribution < 1.29 is 19.2 Å². The van der Waals surface area contributed by atoms with E-state index in [2.05, 4.69) is 22.2 Å². The fraction of sp³-hybridized carbons (Fsp3) is 0.750. The molecule has 0 radical (unpaired) electrons. The van der Waals surface area contributed by atoms with Crippen molar-refractivity contribution in [3.63, 3.8) is 0 Å². The van der Waals surface area contributed by atoms with Gasteiger partial charge in [0.15, 0.2) is 0 Å². The lowest BCUT2D eigenvalue weighted by Crippen LogP contribution is -2.37. The lowest BCUT2D eigenvalue weighted by molar-refractivity contribution is -0.105. The minimum atomic E-state index is -0.893. The second-order valence-corrected chi connectivity index (χ2v) is 3.02. The molecule has 14 heavy (non-hydrogen) atoms. The van der Waals surface area contributed by atoms with Crippen LogP contribution in [0.5, 0.6) is 0 Å². The Labute approximate surface area is 88.7 Å². The van der Waals surface area contributed by atoms with Gasteiger partial charge in [-0.05, 0) is 20.3 Å². The molecule has 0 spiro atoms. The van der Waals surface area contributed by atoms with E-state index in [1.54, 1.807) is 13.8 Å². The molecule has 0 aliphatic heterocycles. The first-order chi connectivity index (χ1) is 6.52. The summed E-state index contributed by atoms with van der Waals surface area (Å²) in [5.41, 5.74) is 0. The molecule has 82 valence electrons. The molecule has 1 amide bonds. The summed E-state index contributed by atoms with van der Waals surface area (Å²) >= 11 is 3.58. The molecular formula is C8H15NO4S. The Balaban J connectivity index is 4.23. The van der Waals surface area contributed by atoms with Crippen LogP contribution in [0, 0.1) is 0 Å². The summed E-state index contributed by atoms with van der Waals surface area (Å²) < 4.78 is 4.53. The predicted octanol–water partition coefficient (Wildman–Crippen LogP) is 2.22. The van der Waals surface area contributed by atoms with Crippen molar-refractivity contribution in [2.24, 2.45) is 0 Å². The number of hydrogen-bond acceptors (Lipinski definition) is 4. The average molecular weight is 221 g/mol. The molecule has 0 heterocycles. The third-order valence-corrected chi connectivity index (χ3v) is 1.81. The van der Waals surface area contributed by atoms with Crippen LogP contribution < -0.4 is 0 Å². The van der Waals surface area contributed by atoms with Crippen molar-refractivity contribution in [3.8, 4) is 0 Å². The van der Waals surface area contributed by atoms with Gasteiger partial charge in [0, 0.05) is 0 Å². The van der Waals surface area contributed by atoms with Crippen molar-refractivity contribution >= 4 is 24.0 Å². The van der Waals surface area contributed by atoms with Gasteiger partial charge in [0.25, 0.3) is 0 Å². The summed E-state index contributed by atoms with van der Waals surface area (Å²) in [7, 11) is 0. The highest BCUT2D eigenvalue weighted by Gasteiger charge is 2.21. The van der Waals surface area contributed by atoms with Gasteiger partial charge in [0.2, 0.25) is 0 Å². The molecule has 0 bridgehead atoms. The third kappa shape index (κ3) is 4.36. The predicted molar refractivity (Wildman–Crippen MR) is 54.1 cm³/mol. The van der Waals surface area contributed by atoms with E-state index in [0.29, 0.717) is 6.42 Å². The Kier molecular flexibility index (Phi) is 6.11. The van der Waals surface area contributed by atoms with Crippen LogP contribution in [0.15, 0.2) is 0 Å². The standard InChI is InChI=1S/C8H15NO4S/c1-4-6(3)9(7(10)14)13-8(11)12-5-2/h6H,4-5H2,1-3H3,(H,10,14). The fourth-order valence-corrected chi connectivity index (χ4v) is 0.946. The van der Waals surface area contributed by atoms with E-state index >= 15 is 0 Å². The Morgan fingerprint density at radius 1 is 1.43 bits per heavy atom. The molecule has 0 aliphatic carbocycles. The Morgan fingerprint density at radius 2 is 2.00 bits per heavy atom. The van der Waals surface area contributed by atoms with Gasteiger partial charge in [0.05, 0.1) is 12.6 Å². The Bertz CT molecular complexity index is 210. The number of thiol groups is 1. The molecule has 0 rings (SSSR count). The number of ether oxygens (including phenoxy) is 1. The van der Waals surface area contributed by atoms with E-state index in [9.17, 15) is 9.59 Å². The molecule has 0 saturated carbocycles. The van der Waals surface area contributed by atoms with Crippen LogP contribution >= 0.6 is 12.6 Å². The van der Waals surface area contributed by atoms with E-state index in [1.165, 1.54) is 0 Å². The number of amides is 1. The van der Waals surface area contributed by atoms with Gasteiger partial charge >= 0.3 is 11.4 Å². The largest absolute Gasteiger partial charge is 0.533 e. The summed E-state index contributed by atoms with van der Waals surface area (Å²) in [6.45, 7) is 5.46. The number of carbonyl (C=O) groups excluding carboxylic acids is 2. The van der Waals surface area contributed by atoms with Gasteiger partial charge < -0.3 is 9.57 Å². The van der Waals surface area contributed by atoms with Gasteiger partial charge in [-0.15, -0.1) is 0 Å². The normalized spacial score (nSPS) is 11.7. The second kappa shape index (κ2) is 6.53. The van der Waals surface area contributed by atoms with Crippen molar-refractivity contribution in [1.29, 1.82) is 0 Å². The third-order valence-electron chi connectivity index (χ3n) is 1.61. The molecule has 1 unspecified atom stereocenters.